The van der Waals surface area contributed by atoms with Crippen molar-refractivity contribution in [2.24, 2.45) is 0 Å². The van der Waals surface area contributed by atoms with Crippen LogP contribution in [0.5, 0.6) is 0 Å². The van der Waals surface area contributed by atoms with Gasteiger partial charge in [0.05, 0.1) is 7.11 Å². The van der Waals surface area contributed by atoms with E-state index in [4.69, 9.17) is 10.8 Å². The number of carboxylic acids is 1. The van der Waals surface area contributed by atoms with Gasteiger partial charge in [-0.15, -0.1) is 0 Å². The largest absolute Gasteiger partial charge is 0.479 e. The molecule has 1 aromatic rings. The van der Waals surface area contributed by atoms with Crippen molar-refractivity contribution < 1.29 is 19.4 Å². The van der Waals surface area contributed by atoms with Crippen LogP contribution in [0.15, 0.2) is 24.3 Å². The monoisotopic (exact) mass is 224 g/mol. The summed E-state index contributed by atoms with van der Waals surface area (Å²) in [5, 5.41) is 11.3. The van der Waals surface area contributed by atoms with E-state index >= 15 is 0 Å². The molecule has 0 aliphatic carbocycles. The molecule has 0 aromatic heterocycles. The highest BCUT2D eigenvalue weighted by molar-refractivity contribution is 6.01. The zero-order valence-corrected chi connectivity index (χ0v) is 8.64. The number of carbonyl (C=O) groups is 2. The summed E-state index contributed by atoms with van der Waals surface area (Å²) < 4.78 is 4.36. The molecule has 16 heavy (non-hydrogen) atoms. The molecule has 0 saturated carbocycles. The molecule has 1 aromatic carbocycles. The van der Waals surface area contributed by atoms with Crippen molar-refractivity contribution in [3.63, 3.8) is 0 Å². The zero-order valence-electron chi connectivity index (χ0n) is 8.64. The first-order valence-electron chi connectivity index (χ1n) is 4.47. The summed E-state index contributed by atoms with van der Waals surface area (Å²) in [4.78, 5) is 21.9. The number of nitrogens with one attached hydrogen (secondary N) is 1. The molecule has 1 rings (SSSR count). The average Bonchev–Trinajstić information content (AvgIpc) is 2.27. The van der Waals surface area contributed by atoms with E-state index in [2.05, 4.69) is 10.1 Å². The van der Waals surface area contributed by atoms with Gasteiger partial charge in [-0.25, -0.2) is 9.59 Å². The standard InChI is InChI=1S/C10H12N2O4/c1-16-10(15)8(9(13)14)12-7-4-2-6(11)3-5-7/h2-5,8,12H,11H2,1H3,(H,13,14). The van der Waals surface area contributed by atoms with Crippen LogP contribution in [-0.4, -0.2) is 30.2 Å². The summed E-state index contributed by atoms with van der Waals surface area (Å²) >= 11 is 0. The Morgan fingerprint density at radius 2 is 1.94 bits per heavy atom. The van der Waals surface area contributed by atoms with Gasteiger partial charge in [-0.1, -0.05) is 0 Å². The molecule has 4 N–H and O–H groups in total. The molecular formula is C10H12N2O4. The van der Waals surface area contributed by atoms with Crippen LogP contribution < -0.4 is 11.1 Å². The summed E-state index contributed by atoms with van der Waals surface area (Å²) in [5.41, 5.74) is 6.50. The molecule has 0 saturated heterocycles. The number of aliphatic carboxylic acids is 1. The van der Waals surface area contributed by atoms with E-state index < -0.39 is 18.0 Å². The first-order chi connectivity index (χ1) is 7.54. The third kappa shape index (κ3) is 2.88. The van der Waals surface area contributed by atoms with Crippen LogP contribution >= 0.6 is 0 Å². The quantitative estimate of drug-likeness (QED) is 0.386. The number of hydrogen-bond acceptors (Lipinski definition) is 5. The van der Waals surface area contributed by atoms with Gasteiger partial charge in [0, 0.05) is 11.4 Å². The number of hydrogen-bond donors (Lipinski definition) is 3. The first-order valence-corrected chi connectivity index (χ1v) is 4.47. The van der Waals surface area contributed by atoms with E-state index in [1.165, 1.54) is 0 Å². The number of rotatable bonds is 4. The van der Waals surface area contributed by atoms with Gasteiger partial charge in [0.15, 0.2) is 0 Å². The lowest BCUT2D eigenvalue weighted by atomic mass is 10.2. The molecule has 0 spiro atoms. The zero-order chi connectivity index (χ0) is 12.1. The second kappa shape index (κ2) is 5.01. The highest BCUT2D eigenvalue weighted by atomic mass is 16.5. The number of anilines is 2. The van der Waals surface area contributed by atoms with Gasteiger partial charge in [0.25, 0.3) is 0 Å². The Balaban J connectivity index is 2.80. The molecule has 86 valence electrons. The molecule has 0 aliphatic heterocycles. The fourth-order valence-electron chi connectivity index (χ4n) is 1.09. The number of nitrogens with two attached hydrogens (primary N) is 1. The first kappa shape index (κ1) is 11.8. The van der Waals surface area contributed by atoms with E-state index in [-0.39, 0.29) is 0 Å². The molecule has 1 unspecified atom stereocenters. The average molecular weight is 224 g/mol. The number of benzene rings is 1. The maximum absolute atomic E-state index is 11.1. The summed E-state index contributed by atoms with van der Waals surface area (Å²) in [6, 6.07) is 4.92. The number of ether oxygens (including phenoxy) is 1. The third-order valence-electron chi connectivity index (χ3n) is 1.91. The smallest absolute Gasteiger partial charge is 0.340 e. The molecule has 0 fully saturated rings. The number of nitrogen functional groups attached to an aromatic ring is 1. The lowest BCUT2D eigenvalue weighted by molar-refractivity contribution is -0.150. The second-order valence-electron chi connectivity index (χ2n) is 3.06. The molecular weight excluding hydrogens is 212 g/mol. The van der Waals surface area contributed by atoms with Crippen LogP contribution in [-0.2, 0) is 14.3 Å². The number of methoxy groups -OCH3 is 1. The van der Waals surface area contributed by atoms with E-state index in [1.54, 1.807) is 24.3 Å². The van der Waals surface area contributed by atoms with E-state index in [0.717, 1.165) is 7.11 Å². The molecule has 1 atom stereocenters. The lowest BCUT2D eigenvalue weighted by Crippen LogP contribution is -2.38. The van der Waals surface area contributed by atoms with Crippen LogP contribution in [0.1, 0.15) is 0 Å². The van der Waals surface area contributed by atoms with Crippen molar-refractivity contribution in [1.82, 2.24) is 0 Å². The highest BCUT2D eigenvalue weighted by Crippen LogP contribution is 2.12. The van der Waals surface area contributed by atoms with E-state index in [0.29, 0.717) is 11.4 Å². The van der Waals surface area contributed by atoms with Gasteiger partial charge in [-0.05, 0) is 24.3 Å². The summed E-state index contributed by atoms with van der Waals surface area (Å²) in [6.07, 6.45) is 0. The van der Waals surface area contributed by atoms with Crippen molar-refractivity contribution in [3.8, 4) is 0 Å². The molecule has 0 heterocycles. The molecule has 0 amide bonds. The van der Waals surface area contributed by atoms with Crippen molar-refractivity contribution in [2.45, 2.75) is 6.04 Å². The Morgan fingerprint density at radius 3 is 2.38 bits per heavy atom. The molecule has 0 bridgehead atoms. The van der Waals surface area contributed by atoms with Crippen molar-refractivity contribution >= 4 is 23.3 Å². The summed E-state index contributed by atoms with van der Waals surface area (Å²) in [7, 11) is 1.13. The Bertz CT molecular complexity index is 388. The number of esters is 1. The van der Waals surface area contributed by atoms with Crippen molar-refractivity contribution in [3.05, 3.63) is 24.3 Å². The van der Waals surface area contributed by atoms with Gasteiger partial charge in [0.2, 0.25) is 6.04 Å². The molecule has 0 aliphatic rings. The maximum atomic E-state index is 11.1. The van der Waals surface area contributed by atoms with Gasteiger partial charge >= 0.3 is 11.9 Å². The van der Waals surface area contributed by atoms with Crippen LogP contribution in [0.25, 0.3) is 0 Å². The normalized spacial score (nSPS) is 11.6. The Kier molecular flexibility index (Phi) is 3.71. The summed E-state index contributed by atoms with van der Waals surface area (Å²) in [5.74, 6) is -2.16. The fraction of sp³-hybridized carbons (Fsp3) is 0.200. The predicted octanol–water partition coefficient (Wildman–Crippen LogP) is 0.307. The summed E-state index contributed by atoms with van der Waals surface area (Å²) in [6.45, 7) is 0. The molecule has 6 nitrogen and oxygen atoms in total. The second-order valence-corrected chi connectivity index (χ2v) is 3.06. The van der Waals surface area contributed by atoms with E-state index in [9.17, 15) is 9.59 Å². The Labute approximate surface area is 92.0 Å². The third-order valence-corrected chi connectivity index (χ3v) is 1.91. The van der Waals surface area contributed by atoms with Gasteiger partial charge in [-0.2, -0.15) is 0 Å². The Hall–Kier alpha value is -2.24. The highest BCUT2D eigenvalue weighted by Gasteiger charge is 2.26. The predicted molar refractivity (Wildman–Crippen MR) is 57.9 cm³/mol. The minimum Gasteiger partial charge on any atom is -0.479 e. The van der Waals surface area contributed by atoms with Gasteiger partial charge in [0.1, 0.15) is 0 Å². The van der Waals surface area contributed by atoms with Gasteiger partial charge < -0.3 is 20.9 Å². The van der Waals surface area contributed by atoms with Crippen LogP contribution in [0.3, 0.4) is 0 Å². The SMILES string of the molecule is COC(=O)C(Nc1ccc(N)cc1)C(=O)O. The Morgan fingerprint density at radius 1 is 1.38 bits per heavy atom. The minimum atomic E-state index is -1.42. The number of carbonyl (C=O) groups excluding carboxylic acids is 1. The topological polar surface area (TPSA) is 102 Å². The minimum absolute atomic E-state index is 0.479. The number of carboxylic acid groups (broad SMARTS) is 1. The van der Waals surface area contributed by atoms with Crippen LogP contribution in [0.2, 0.25) is 0 Å². The molecule has 6 heteroatoms. The maximum Gasteiger partial charge on any atom is 0.340 e. The van der Waals surface area contributed by atoms with Crippen LogP contribution in [0, 0.1) is 0 Å². The van der Waals surface area contributed by atoms with E-state index in [1.807, 2.05) is 0 Å². The van der Waals surface area contributed by atoms with Crippen molar-refractivity contribution in [1.29, 1.82) is 0 Å². The van der Waals surface area contributed by atoms with Crippen LogP contribution in [0.4, 0.5) is 11.4 Å². The molecule has 0 radical (unpaired) electrons. The fourth-order valence-corrected chi connectivity index (χ4v) is 1.09. The van der Waals surface area contributed by atoms with Crippen molar-refractivity contribution in [2.75, 3.05) is 18.2 Å². The van der Waals surface area contributed by atoms with Gasteiger partial charge in [-0.3, -0.25) is 0 Å². The lowest BCUT2D eigenvalue weighted by Gasteiger charge is -2.13.